The van der Waals surface area contributed by atoms with Crippen LogP contribution in [-0.4, -0.2) is 41.0 Å². The molecule has 0 radical (unpaired) electrons. The topological polar surface area (TPSA) is 82.8 Å². The van der Waals surface area contributed by atoms with Crippen molar-refractivity contribution in [3.8, 4) is 22.5 Å². The van der Waals surface area contributed by atoms with Gasteiger partial charge in [-0.15, -0.1) is 0 Å². The predicted octanol–water partition coefficient (Wildman–Crippen LogP) is 8.33. The van der Waals surface area contributed by atoms with E-state index in [9.17, 15) is 14.7 Å². The fraction of sp³-hybridized carbons (Fsp3) is 0.436. The standard InChI is InChI=1S/C39H44N2O4/c1-5-33(42)35-31-17-30(32(41(6-2)7-3)18-34(31)45-36(35)27-13-11-24(4)12-14-27)28-9-8-10-29(16-28)37(43)40-38-19-25-15-26(20-38)22-39(44,21-25)23-38/h8-14,16-18,25-26,44H,5-7,15,19-23H2,1-4H3,(H,40,43)/t25-,26+,38?,39?. The molecule has 4 bridgehead atoms. The highest BCUT2D eigenvalue weighted by Gasteiger charge is 2.57. The summed E-state index contributed by atoms with van der Waals surface area (Å²) in [7, 11) is 0. The minimum absolute atomic E-state index is 0.0382. The summed E-state index contributed by atoms with van der Waals surface area (Å²) in [6.07, 6.45) is 5.85. The molecule has 2 unspecified atom stereocenters. The summed E-state index contributed by atoms with van der Waals surface area (Å²) in [4.78, 5) is 29.6. The Kier molecular flexibility index (Phi) is 7.39. The highest BCUT2D eigenvalue weighted by atomic mass is 16.3. The van der Waals surface area contributed by atoms with Crippen LogP contribution in [0.3, 0.4) is 0 Å². The maximum absolute atomic E-state index is 13.9. The Balaban J connectivity index is 1.31. The molecule has 4 aromatic rings. The molecule has 4 atom stereocenters. The first-order chi connectivity index (χ1) is 21.6. The van der Waals surface area contributed by atoms with Gasteiger partial charge in [0.1, 0.15) is 11.3 Å². The first kappa shape index (κ1) is 29.8. The number of rotatable bonds is 9. The van der Waals surface area contributed by atoms with Crippen LogP contribution < -0.4 is 10.2 Å². The molecule has 6 heteroatoms. The van der Waals surface area contributed by atoms with Gasteiger partial charge in [0.15, 0.2) is 5.78 Å². The van der Waals surface area contributed by atoms with Crippen LogP contribution in [-0.2, 0) is 0 Å². The highest BCUT2D eigenvalue weighted by Crippen LogP contribution is 2.57. The van der Waals surface area contributed by atoms with E-state index < -0.39 is 5.60 Å². The third-order valence-electron chi connectivity index (χ3n) is 10.7. The Morgan fingerprint density at radius 3 is 2.29 bits per heavy atom. The van der Waals surface area contributed by atoms with E-state index in [4.69, 9.17) is 4.42 Å². The van der Waals surface area contributed by atoms with Gasteiger partial charge in [0.05, 0.1) is 11.2 Å². The quantitative estimate of drug-likeness (QED) is 0.188. The van der Waals surface area contributed by atoms with Crippen molar-refractivity contribution < 1.29 is 19.1 Å². The lowest BCUT2D eigenvalue weighted by atomic mass is 9.51. The molecule has 3 aromatic carbocycles. The summed E-state index contributed by atoms with van der Waals surface area (Å²) in [5, 5.41) is 15.5. The number of fused-ring (bicyclic) bond motifs is 1. The summed E-state index contributed by atoms with van der Waals surface area (Å²) in [6.45, 7) is 9.79. The third kappa shape index (κ3) is 5.27. The smallest absolute Gasteiger partial charge is 0.251 e. The molecular formula is C39H44N2O4. The second-order valence-corrected chi connectivity index (χ2v) is 14.0. The number of aryl methyl sites for hydroxylation is 1. The summed E-state index contributed by atoms with van der Waals surface area (Å²) in [5.74, 6) is 1.54. The largest absolute Gasteiger partial charge is 0.455 e. The second kappa shape index (κ2) is 11.2. The number of carbonyl (C=O) groups excluding carboxylic acids is 2. The van der Waals surface area contributed by atoms with E-state index in [0.717, 1.165) is 72.1 Å². The van der Waals surface area contributed by atoms with Crippen molar-refractivity contribution >= 4 is 28.3 Å². The number of furan rings is 1. The van der Waals surface area contributed by atoms with Crippen molar-refractivity contribution in [1.82, 2.24) is 5.32 Å². The Bertz CT molecular complexity index is 1770. The molecule has 4 saturated carbocycles. The van der Waals surface area contributed by atoms with E-state index in [1.54, 1.807) is 0 Å². The predicted molar refractivity (Wildman–Crippen MR) is 180 cm³/mol. The molecule has 45 heavy (non-hydrogen) atoms. The highest BCUT2D eigenvalue weighted by molar-refractivity contribution is 6.13. The summed E-state index contributed by atoms with van der Waals surface area (Å²) < 4.78 is 6.49. The van der Waals surface area contributed by atoms with Gasteiger partial charge in [-0.2, -0.15) is 0 Å². The van der Waals surface area contributed by atoms with Crippen LogP contribution in [0.1, 0.15) is 92.0 Å². The normalized spacial score (nSPS) is 25.1. The van der Waals surface area contributed by atoms with Gasteiger partial charge in [-0.25, -0.2) is 0 Å². The number of carbonyl (C=O) groups is 2. The first-order valence-corrected chi connectivity index (χ1v) is 16.7. The number of hydrogen-bond donors (Lipinski definition) is 2. The van der Waals surface area contributed by atoms with Crippen LogP contribution in [0.4, 0.5) is 5.69 Å². The third-order valence-corrected chi connectivity index (χ3v) is 10.7. The number of nitrogens with one attached hydrogen (secondary N) is 1. The molecular weight excluding hydrogens is 560 g/mol. The average molecular weight is 605 g/mol. The van der Waals surface area contributed by atoms with E-state index in [2.05, 4.69) is 36.2 Å². The first-order valence-electron chi connectivity index (χ1n) is 16.7. The van der Waals surface area contributed by atoms with Crippen LogP contribution in [0.2, 0.25) is 0 Å². The Hall–Kier alpha value is -3.90. The van der Waals surface area contributed by atoms with Crippen molar-refractivity contribution in [3.63, 3.8) is 0 Å². The van der Waals surface area contributed by atoms with Crippen molar-refractivity contribution in [2.24, 2.45) is 11.8 Å². The van der Waals surface area contributed by atoms with Crippen LogP contribution in [0.25, 0.3) is 33.4 Å². The van der Waals surface area contributed by atoms with Crippen molar-refractivity contribution in [1.29, 1.82) is 0 Å². The molecule has 6 nitrogen and oxygen atoms in total. The Labute approximate surface area is 265 Å². The summed E-state index contributed by atoms with van der Waals surface area (Å²) >= 11 is 0. The molecule has 8 rings (SSSR count). The van der Waals surface area contributed by atoms with Crippen molar-refractivity contribution in [2.45, 2.75) is 83.8 Å². The number of hydrogen-bond acceptors (Lipinski definition) is 5. The molecule has 0 saturated heterocycles. The van der Waals surface area contributed by atoms with Gasteiger partial charge in [0.2, 0.25) is 0 Å². The van der Waals surface area contributed by atoms with Gasteiger partial charge in [-0.3, -0.25) is 9.59 Å². The van der Waals surface area contributed by atoms with E-state index in [0.29, 0.717) is 47.1 Å². The van der Waals surface area contributed by atoms with Crippen LogP contribution in [0.5, 0.6) is 0 Å². The molecule has 4 aliphatic carbocycles. The zero-order valence-corrected chi connectivity index (χ0v) is 26.9. The maximum Gasteiger partial charge on any atom is 0.251 e. The van der Waals surface area contributed by atoms with Gasteiger partial charge < -0.3 is 19.7 Å². The average Bonchev–Trinajstić information content (AvgIpc) is 3.38. The summed E-state index contributed by atoms with van der Waals surface area (Å²) in [5.41, 5.74) is 5.86. The van der Waals surface area contributed by atoms with E-state index >= 15 is 0 Å². The monoisotopic (exact) mass is 604 g/mol. The maximum atomic E-state index is 13.9. The second-order valence-electron chi connectivity index (χ2n) is 14.0. The number of amides is 1. The Morgan fingerprint density at radius 2 is 1.64 bits per heavy atom. The van der Waals surface area contributed by atoms with Crippen molar-refractivity contribution in [3.05, 3.63) is 77.4 Å². The fourth-order valence-corrected chi connectivity index (χ4v) is 9.05. The molecule has 1 heterocycles. The Morgan fingerprint density at radius 1 is 0.933 bits per heavy atom. The number of anilines is 1. The lowest BCUT2D eigenvalue weighted by Crippen LogP contribution is -2.65. The van der Waals surface area contributed by atoms with Gasteiger partial charge in [-0.1, -0.05) is 48.9 Å². The molecule has 4 fully saturated rings. The molecule has 2 N–H and O–H groups in total. The number of nitrogens with zero attached hydrogens (tertiary/aromatic N) is 1. The van der Waals surface area contributed by atoms with E-state index in [-0.39, 0.29) is 17.2 Å². The lowest BCUT2D eigenvalue weighted by molar-refractivity contribution is -0.139. The molecule has 0 spiro atoms. The van der Waals surface area contributed by atoms with Crippen LogP contribution in [0, 0.1) is 18.8 Å². The zero-order valence-electron chi connectivity index (χ0n) is 26.9. The van der Waals surface area contributed by atoms with Gasteiger partial charge in [0.25, 0.3) is 5.91 Å². The molecule has 1 amide bonds. The van der Waals surface area contributed by atoms with Crippen molar-refractivity contribution in [2.75, 3.05) is 18.0 Å². The SMILES string of the molecule is CCC(=O)c1c(-c2ccc(C)cc2)oc2cc(N(CC)CC)c(-c3cccc(C(=O)NC45C[C@@H]6C[C@@H](CC(O)(C6)C4)C5)c3)cc12. The van der Waals surface area contributed by atoms with Gasteiger partial charge in [0, 0.05) is 58.9 Å². The van der Waals surface area contributed by atoms with E-state index in [1.807, 2.05) is 62.4 Å². The minimum Gasteiger partial charge on any atom is -0.455 e. The minimum atomic E-state index is -0.636. The van der Waals surface area contributed by atoms with Gasteiger partial charge >= 0.3 is 0 Å². The fourth-order valence-electron chi connectivity index (χ4n) is 9.05. The van der Waals surface area contributed by atoms with Gasteiger partial charge in [-0.05, 0) is 94.9 Å². The number of ketones is 1. The van der Waals surface area contributed by atoms with E-state index in [1.165, 1.54) is 6.42 Å². The number of aliphatic hydroxyl groups is 1. The molecule has 0 aliphatic heterocycles. The number of benzene rings is 3. The number of Topliss-reactive ketones (excluding diaryl/α,β-unsaturated/α-hetero) is 1. The van der Waals surface area contributed by atoms with Crippen LogP contribution in [0.15, 0.2) is 65.1 Å². The molecule has 234 valence electrons. The molecule has 1 aromatic heterocycles. The van der Waals surface area contributed by atoms with Crippen LogP contribution >= 0.6 is 0 Å². The summed E-state index contributed by atoms with van der Waals surface area (Å²) in [6, 6.07) is 20.1. The molecule has 4 aliphatic rings. The zero-order chi connectivity index (χ0) is 31.5. The lowest BCUT2D eigenvalue weighted by Gasteiger charge is -2.60.